The largest absolute Gasteiger partial charge is 0.316 e. The van der Waals surface area contributed by atoms with Crippen LogP contribution in [0.2, 0.25) is 5.02 Å². The Morgan fingerprint density at radius 2 is 1.91 bits per heavy atom. The van der Waals surface area contributed by atoms with E-state index in [9.17, 15) is 8.42 Å². The molecule has 0 aliphatic carbocycles. The third-order valence-electron chi connectivity index (χ3n) is 3.20. The zero-order chi connectivity index (χ0) is 15.7. The molecular weight excluding hydrogens is 340 g/mol. The van der Waals surface area contributed by atoms with E-state index in [1.807, 2.05) is 23.6 Å². The fraction of sp³-hybridized carbons (Fsp3) is 0.133. The van der Waals surface area contributed by atoms with Gasteiger partial charge in [0.1, 0.15) is 0 Å². The van der Waals surface area contributed by atoms with Crippen LogP contribution in [0.1, 0.15) is 6.92 Å². The Kier molecular flexibility index (Phi) is 4.08. The number of hydrogen-bond acceptors (Lipinski definition) is 3. The fourth-order valence-electron chi connectivity index (χ4n) is 2.17. The molecule has 4 nitrogen and oxygen atoms in total. The predicted octanol–water partition coefficient (Wildman–Crippen LogP) is 3.67. The molecule has 0 atom stereocenters. The lowest BCUT2D eigenvalue weighted by atomic mass is 10.3. The second kappa shape index (κ2) is 5.87. The number of rotatable bonds is 3. The van der Waals surface area contributed by atoms with Crippen molar-refractivity contribution in [2.24, 2.45) is 4.40 Å². The van der Waals surface area contributed by atoms with E-state index in [4.69, 9.17) is 11.6 Å². The lowest BCUT2D eigenvalue weighted by Gasteiger charge is -2.01. The highest BCUT2D eigenvalue weighted by molar-refractivity contribution is 7.90. The van der Waals surface area contributed by atoms with Gasteiger partial charge in [0.15, 0.2) is 0 Å². The average Bonchev–Trinajstić information content (AvgIpc) is 2.83. The van der Waals surface area contributed by atoms with Crippen LogP contribution in [0.5, 0.6) is 0 Å². The second-order valence-corrected chi connectivity index (χ2v) is 7.67. The van der Waals surface area contributed by atoms with Gasteiger partial charge in [0, 0.05) is 11.6 Å². The van der Waals surface area contributed by atoms with Gasteiger partial charge < -0.3 is 4.57 Å². The van der Waals surface area contributed by atoms with Crippen molar-refractivity contribution >= 4 is 43.2 Å². The van der Waals surface area contributed by atoms with Gasteiger partial charge in [-0.1, -0.05) is 41.1 Å². The van der Waals surface area contributed by atoms with E-state index in [2.05, 4.69) is 4.40 Å². The number of sulfonamides is 1. The Hall–Kier alpha value is -1.63. The van der Waals surface area contributed by atoms with Crippen LogP contribution in [0, 0.1) is 0 Å². The third-order valence-corrected chi connectivity index (χ3v) is 5.87. The summed E-state index contributed by atoms with van der Waals surface area (Å²) >= 11 is 7.32. The maximum atomic E-state index is 12.4. The van der Waals surface area contributed by atoms with Gasteiger partial charge in [-0.2, -0.15) is 8.42 Å². The number of hydrogen-bond donors (Lipinski definition) is 0. The first kappa shape index (κ1) is 15.3. The van der Waals surface area contributed by atoms with Crippen LogP contribution in [0.4, 0.5) is 0 Å². The first-order chi connectivity index (χ1) is 10.5. The van der Waals surface area contributed by atoms with Crippen molar-refractivity contribution in [1.29, 1.82) is 0 Å². The molecule has 3 aromatic rings. The predicted molar refractivity (Wildman–Crippen MR) is 89.7 cm³/mol. The molecule has 0 saturated carbocycles. The quantitative estimate of drug-likeness (QED) is 0.722. The van der Waals surface area contributed by atoms with E-state index in [0.29, 0.717) is 16.4 Å². The number of halogens is 1. The molecule has 1 aromatic heterocycles. The summed E-state index contributed by atoms with van der Waals surface area (Å²) in [7, 11) is -3.72. The molecule has 0 fully saturated rings. The molecule has 0 aliphatic heterocycles. The molecule has 7 heteroatoms. The molecule has 0 aliphatic rings. The first-order valence-electron chi connectivity index (χ1n) is 6.66. The lowest BCUT2D eigenvalue weighted by Crippen LogP contribution is -2.16. The molecule has 0 N–H and O–H groups in total. The minimum Gasteiger partial charge on any atom is -0.316 e. The van der Waals surface area contributed by atoms with E-state index in [1.54, 1.807) is 36.4 Å². The molecule has 0 saturated heterocycles. The molecular formula is C15H13ClN2O2S2. The molecule has 0 amide bonds. The van der Waals surface area contributed by atoms with Gasteiger partial charge in [-0.25, -0.2) is 0 Å². The SMILES string of the molecule is CCn1c(=NS(=O)(=O)c2ccccc2)sc2cc(Cl)ccc21. The fourth-order valence-corrected chi connectivity index (χ4v) is 4.76. The molecule has 2 aromatic carbocycles. The van der Waals surface area contributed by atoms with Crippen molar-refractivity contribution < 1.29 is 8.42 Å². The van der Waals surface area contributed by atoms with E-state index >= 15 is 0 Å². The third kappa shape index (κ3) is 2.82. The van der Waals surface area contributed by atoms with Crippen LogP contribution < -0.4 is 4.80 Å². The number of fused-ring (bicyclic) bond motifs is 1. The van der Waals surface area contributed by atoms with Gasteiger partial charge in [0.25, 0.3) is 10.0 Å². The first-order valence-corrected chi connectivity index (χ1v) is 9.29. The smallest absolute Gasteiger partial charge is 0.285 e. The zero-order valence-electron chi connectivity index (χ0n) is 11.7. The molecule has 114 valence electrons. The highest BCUT2D eigenvalue weighted by atomic mass is 35.5. The summed E-state index contributed by atoms with van der Waals surface area (Å²) in [5.41, 5.74) is 0.930. The van der Waals surface area contributed by atoms with Crippen LogP contribution >= 0.6 is 22.9 Å². The van der Waals surface area contributed by atoms with E-state index < -0.39 is 10.0 Å². The number of aryl methyl sites for hydroxylation is 1. The normalized spacial score (nSPS) is 12.9. The Morgan fingerprint density at radius 3 is 2.59 bits per heavy atom. The maximum Gasteiger partial charge on any atom is 0.285 e. The van der Waals surface area contributed by atoms with Crippen molar-refractivity contribution in [3.05, 3.63) is 58.4 Å². The summed E-state index contributed by atoms with van der Waals surface area (Å²) in [5.74, 6) is 0. The van der Waals surface area contributed by atoms with Crippen LogP contribution in [-0.4, -0.2) is 13.0 Å². The van der Waals surface area contributed by atoms with Gasteiger partial charge in [-0.05, 0) is 37.3 Å². The molecule has 0 unspecified atom stereocenters. The second-order valence-electron chi connectivity index (χ2n) is 4.62. The summed E-state index contributed by atoms with van der Waals surface area (Å²) in [5, 5.41) is 0.620. The van der Waals surface area contributed by atoms with Crippen molar-refractivity contribution in [1.82, 2.24) is 4.57 Å². The van der Waals surface area contributed by atoms with E-state index in [0.717, 1.165) is 10.2 Å². The number of thiazole rings is 1. The maximum absolute atomic E-state index is 12.4. The molecule has 22 heavy (non-hydrogen) atoms. The summed E-state index contributed by atoms with van der Waals surface area (Å²) < 4.78 is 31.6. The lowest BCUT2D eigenvalue weighted by molar-refractivity contribution is 0.595. The zero-order valence-corrected chi connectivity index (χ0v) is 14.1. The summed E-state index contributed by atoms with van der Waals surface area (Å²) in [6, 6.07) is 13.7. The van der Waals surface area contributed by atoms with Gasteiger partial charge in [-0.15, -0.1) is 4.40 Å². The molecule has 0 radical (unpaired) electrons. The summed E-state index contributed by atoms with van der Waals surface area (Å²) in [6.45, 7) is 2.58. The van der Waals surface area contributed by atoms with Crippen LogP contribution in [0.3, 0.4) is 0 Å². The summed E-state index contributed by atoms with van der Waals surface area (Å²) in [6.07, 6.45) is 0. The standard InChI is InChI=1S/C15H13ClN2O2S2/c1-2-18-13-9-8-11(16)10-14(13)21-15(18)17-22(19,20)12-6-4-3-5-7-12/h3-10H,2H2,1H3. The van der Waals surface area contributed by atoms with Crippen molar-refractivity contribution in [3.8, 4) is 0 Å². The van der Waals surface area contributed by atoms with E-state index in [-0.39, 0.29) is 4.90 Å². The van der Waals surface area contributed by atoms with Gasteiger partial charge >= 0.3 is 0 Å². The van der Waals surface area contributed by atoms with E-state index in [1.165, 1.54) is 11.3 Å². The average molecular weight is 353 g/mol. The van der Waals surface area contributed by atoms with Crippen LogP contribution in [0.15, 0.2) is 57.8 Å². The number of aromatic nitrogens is 1. The molecule has 1 heterocycles. The van der Waals surface area contributed by atoms with Crippen LogP contribution in [0.25, 0.3) is 10.2 Å². The number of nitrogens with zero attached hydrogens (tertiary/aromatic N) is 2. The molecule has 0 spiro atoms. The Balaban J connectivity index is 2.25. The van der Waals surface area contributed by atoms with Crippen molar-refractivity contribution in [3.63, 3.8) is 0 Å². The minimum atomic E-state index is -3.72. The monoisotopic (exact) mass is 352 g/mol. The Labute approximate surface area is 137 Å². The van der Waals surface area contributed by atoms with Gasteiger partial charge in [-0.3, -0.25) is 0 Å². The van der Waals surface area contributed by atoms with Crippen molar-refractivity contribution in [2.45, 2.75) is 18.4 Å². The molecule has 0 bridgehead atoms. The minimum absolute atomic E-state index is 0.188. The highest BCUT2D eigenvalue weighted by Gasteiger charge is 2.13. The molecule has 3 rings (SSSR count). The summed E-state index contributed by atoms with van der Waals surface area (Å²) in [4.78, 5) is 0.636. The van der Waals surface area contributed by atoms with Gasteiger partial charge in [0.2, 0.25) is 4.80 Å². The van der Waals surface area contributed by atoms with Crippen molar-refractivity contribution in [2.75, 3.05) is 0 Å². The van der Waals surface area contributed by atoms with Gasteiger partial charge in [0.05, 0.1) is 15.1 Å². The number of benzene rings is 2. The van der Waals surface area contributed by atoms with Crippen LogP contribution in [-0.2, 0) is 16.6 Å². The Bertz CT molecular complexity index is 989. The highest BCUT2D eigenvalue weighted by Crippen LogP contribution is 2.22. The topological polar surface area (TPSA) is 51.4 Å². The Morgan fingerprint density at radius 1 is 1.18 bits per heavy atom.